The molecule has 4 aromatic rings. The highest BCUT2D eigenvalue weighted by molar-refractivity contribution is 6.00. The number of aromatic carboxylic acids is 1. The van der Waals surface area contributed by atoms with Gasteiger partial charge in [0.05, 0.1) is 17.1 Å². The van der Waals surface area contributed by atoms with E-state index in [-0.39, 0.29) is 28.9 Å². The normalized spacial score (nSPS) is 14.3. The van der Waals surface area contributed by atoms with Crippen molar-refractivity contribution in [3.63, 3.8) is 0 Å². The first-order valence-corrected chi connectivity index (χ1v) is 11.9. The van der Waals surface area contributed by atoms with Gasteiger partial charge < -0.3 is 10.0 Å². The predicted molar refractivity (Wildman–Crippen MR) is 131 cm³/mol. The van der Waals surface area contributed by atoms with E-state index < -0.39 is 17.6 Å². The van der Waals surface area contributed by atoms with Gasteiger partial charge in [-0.1, -0.05) is 13.8 Å². The summed E-state index contributed by atoms with van der Waals surface area (Å²) in [5, 5.41) is 24.0. The Balaban J connectivity index is 1.66. The van der Waals surface area contributed by atoms with Crippen LogP contribution in [0.25, 0.3) is 27.8 Å². The third kappa shape index (κ3) is 4.46. The molecule has 1 N–H and O–H groups in total. The van der Waals surface area contributed by atoms with E-state index >= 15 is 0 Å². The minimum Gasteiger partial charge on any atom is -0.477 e. The molecule has 1 aliphatic heterocycles. The summed E-state index contributed by atoms with van der Waals surface area (Å²) >= 11 is 0. The lowest BCUT2D eigenvalue weighted by molar-refractivity contribution is 0.0691. The predicted octanol–water partition coefficient (Wildman–Crippen LogP) is 4.72. The molecule has 1 aromatic carbocycles. The third-order valence-corrected chi connectivity index (χ3v) is 6.48. The Labute approximate surface area is 211 Å². The number of aromatic nitrogens is 5. The summed E-state index contributed by atoms with van der Waals surface area (Å²) in [4.78, 5) is 27.3. The Bertz CT molecular complexity index is 1540. The number of carboxylic acid groups (broad SMARTS) is 1. The highest BCUT2D eigenvalue weighted by Gasteiger charge is 2.25. The molecule has 11 heteroatoms. The lowest BCUT2D eigenvalue weighted by Crippen LogP contribution is -2.34. The molecule has 9 nitrogen and oxygen atoms in total. The summed E-state index contributed by atoms with van der Waals surface area (Å²) in [6.45, 7) is 5.17. The van der Waals surface area contributed by atoms with Gasteiger partial charge in [-0.25, -0.2) is 33.2 Å². The van der Waals surface area contributed by atoms with Crippen LogP contribution < -0.4 is 4.90 Å². The number of halogens is 2. The van der Waals surface area contributed by atoms with Crippen molar-refractivity contribution in [3.8, 4) is 22.9 Å². The maximum Gasteiger partial charge on any atom is 0.354 e. The van der Waals surface area contributed by atoms with Crippen LogP contribution in [0.5, 0.6) is 0 Å². The molecule has 1 fully saturated rings. The molecule has 0 bridgehead atoms. The molecule has 5 rings (SSSR count). The quantitative estimate of drug-likeness (QED) is 0.415. The van der Waals surface area contributed by atoms with Crippen molar-refractivity contribution < 1.29 is 18.7 Å². The molecule has 188 valence electrons. The van der Waals surface area contributed by atoms with Crippen LogP contribution >= 0.6 is 0 Å². The van der Waals surface area contributed by atoms with Crippen molar-refractivity contribution in [3.05, 3.63) is 59.7 Å². The van der Waals surface area contributed by atoms with E-state index in [9.17, 15) is 18.7 Å². The third-order valence-electron chi connectivity index (χ3n) is 6.48. The lowest BCUT2D eigenvalue weighted by atomic mass is 9.98. The number of carbonyl (C=O) groups is 1. The SMILES string of the molecule is CC(C)c1nn(-c2ccc(F)cc2F)c2nc(C(=O)O)cc(-c3cnc(N4CCC(C#N)CC4)nc3)c12. The molecule has 37 heavy (non-hydrogen) atoms. The zero-order valence-corrected chi connectivity index (χ0v) is 20.2. The molecule has 0 spiro atoms. The Morgan fingerprint density at radius 1 is 1.16 bits per heavy atom. The summed E-state index contributed by atoms with van der Waals surface area (Å²) in [6.07, 6.45) is 4.70. The number of pyridine rings is 1. The van der Waals surface area contributed by atoms with Gasteiger partial charge in [0.15, 0.2) is 17.2 Å². The minimum atomic E-state index is -1.26. The van der Waals surface area contributed by atoms with Crippen LogP contribution in [0.3, 0.4) is 0 Å². The van der Waals surface area contributed by atoms with Crippen LogP contribution in [0.4, 0.5) is 14.7 Å². The average Bonchev–Trinajstić information content (AvgIpc) is 3.28. The van der Waals surface area contributed by atoms with Crippen LogP contribution in [0.2, 0.25) is 0 Å². The molecule has 0 aliphatic carbocycles. The van der Waals surface area contributed by atoms with E-state index in [1.165, 1.54) is 16.8 Å². The van der Waals surface area contributed by atoms with Crippen molar-refractivity contribution in [2.24, 2.45) is 5.92 Å². The van der Waals surface area contributed by atoms with Crippen molar-refractivity contribution >= 4 is 23.0 Å². The van der Waals surface area contributed by atoms with Gasteiger partial charge in [0, 0.05) is 48.6 Å². The van der Waals surface area contributed by atoms with Crippen LogP contribution in [-0.2, 0) is 0 Å². The number of carboxylic acids is 1. The molecule has 0 atom stereocenters. The first-order chi connectivity index (χ1) is 17.8. The molecule has 1 aliphatic rings. The number of benzene rings is 1. The number of nitriles is 1. The minimum absolute atomic E-state index is 0.0343. The molecular weight excluding hydrogens is 480 g/mol. The average molecular weight is 504 g/mol. The molecular formula is C26H23F2N7O2. The Kier molecular flexibility index (Phi) is 6.25. The van der Waals surface area contributed by atoms with Crippen LogP contribution in [-0.4, -0.2) is 48.9 Å². The maximum atomic E-state index is 14.7. The zero-order chi connectivity index (χ0) is 26.3. The molecule has 1 saturated heterocycles. The van der Waals surface area contributed by atoms with Gasteiger partial charge in [-0.2, -0.15) is 10.4 Å². The second-order valence-corrected chi connectivity index (χ2v) is 9.27. The standard InChI is InChI=1S/C26H23F2N7O2/c1-14(2)23-22-18(16-12-30-26(31-13-16)34-7-5-15(11-29)6-8-34)10-20(25(36)37)32-24(22)35(33-23)21-4-3-17(27)9-19(21)28/h3-4,9-10,12-15H,5-8H2,1-2H3,(H,36,37). The summed E-state index contributed by atoms with van der Waals surface area (Å²) in [5.74, 6) is -2.42. The smallest absolute Gasteiger partial charge is 0.354 e. The van der Waals surface area contributed by atoms with E-state index in [0.717, 1.165) is 25.0 Å². The second kappa shape index (κ2) is 9.54. The maximum absolute atomic E-state index is 14.7. The number of hydrogen-bond donors (Lipinski definition) is 1. The molecule has 3 aromatic heterocycles. The Morgan fingerprint density at radius 3 is 2.46 bits per heavy atom. The molecule has 0 amide bonds. The zero-order valence-electron chi connectivity index (χ0n) is 20.2. The molecule has 0 radical (unpaired) electrons. The fourth-order valence-electron chi connectivity index (χ4n) is 4.54. The van der Waals surface area contributed by atoms with Crippen molar-refractivity contribution in [2.75, 3.05) is 18.0 Å². The van der Waals surface area contributed by atoms with Gasteiger partial charge in [0.2, 0.25) is 5.95 Å². The second-order valence-electron chi connectivity index (χ2n) is 9.27. The molecule has 0 saturated carbocycles. The van der Waals surface area contributed by atoms with E-state index in [4.69, 9.17) is 5.26 Å². The van der Waals surface area contributed by atoms with Crippen LogP contribution in [0, 0.1) is 28.9 Å². The molecule has 0 unspecified atom stereocenters. The monoisotopic (exact) mass is 503 g/mol. The van der Waals surface area contributed by atoms with Crippen molar-refractivity contribution in [1.82, 2.24) is 24.7 Å². The van der Waals surface area contributed by atoms with E-state index in [0.29, 0.717) is 41.2 Å². The highest BCUT2D eigenvalue weighted by atomic mass is 19.1. The van der Waals surface area contributed by atoms with E-state index in [1.807, 2.05) is 18.7 Å². The summed E-state index contributed by atoms with van der Waals surface area (Å²) in [6, 6.07) is 6.82. The topological polar surface area (TPSA) is 121 Å². The number of anilines is 1. The van der Waals surface area contributed by atoms with Gasteiger partial charge in [0.1, 0.15) is 11.5 Å². The first-order valence-electron chi connectivity index (χ1n) is 11.9. The lowest BCUT2D eigenvalue weighted by Gasteiger charge is -2.29. The largest absolute Gasteiger partial charge is 0.477 e. The van der Waals surface area contributed by atoms with Crippen molar-refractivity contribution in [1.29, 1.82) is 5.26 Å². The van der Waals surface area contributed by atoms with Gasteiger partial charge >= 0.3 is 5.97 Å². The summed E-state index contributed by atoms with van der Waals surface area (Å²) in [5.41, 5.74) is 1.43. The number of fused-ring (bicyclic) bond motifs is 1. The van der Waals surface area contributed by atoms with Crippen LogP contribution in [0.1, 0.15) is 48.8 Å². The summed E-state index contributed by atoms with van der Waals surface area (Å²) in [7, 11) is 0. The fraction of sp³-hybridized carbons (Fsp3) is 0.308. The van der Waals surface area contributed by atoms with Gasteiger partial charge in [0.25, 0.3) is 0 Å². The number of hydrogen-bond acceptors (Lipinski definition) is 7. The number of rotatable bonds is 5. The van der Waals surface area contributed by atoms with Crippen LogP contribution in [0.15, 0.2) is 36.7 Å². The van der Waals surface area contributed by atoms with Gasteiger partial charge in [-0.15, -0.1) is 0 Å². The highest BCUT2D eigenvalue weighted by Crippen LogP contribution is 2.36. The Morgan fingerprint density at radius 2 is 1.86 bits per heavy atom. The molecule has 4 heterocycles. The van der Waals surface area contributed by atoms with Gasteiger partial charge in [-0.3, -0.25) is 0 Å². The van der Waals surface area contributed by atoms with E-state index in [1.54, 1.807) is 12.4 Å². The van der Waals surface area contributed by atoms with E-state index in [2.05, 4.69) is 26.1 Å². The van der Waals surface area contributed by atoms with Gasteiger partial charge in [-0.05, 0) is 37.0 Å². The number of piperidine rings is 1. The first kappa shape index (κ1) is 24.2. The fourth-order valence-corrected chi connectivity index (χ4v) is 4.54. The number of nitrogens with zero attached hydrogens (tertiary/aromatic N) is 7. The summed E-state index contributed by atoms with van der Waals surface area (Å²) < 4.78 is 29.5. The van der Waals surface area contributed by atoms with Crippen molar-refractivity contribution in [2.45, 2.75) is 32.6 Å². The Hall–Kier alpha value is -4.46.